The number of thioether (sulfide) groups is 1. The van der Waals surface area contributed by atoms with Crippen molar-refractivity contribution < 1.29 is 23.2 Å². The number of rotatable bonds is 4. The van der Waals surface area contributed by atoms with Crippen molar-refractivity contribution in [2.75, 3.05) is 11.9 Å². The third-order valence-electron chi connectivity index (χ3n) is 3.65. The molecule has 144 valence electrons. The molecule has 10 heteroatoms. The monoisotopic (exact) mass is 442 g/mol. The van der Waals surface area contributed by atoms with E-state index < -0.39 is 35.2 Å². The van der Waals surface area contributed by atoms with E-state index in [-0.39, 0.29) is 20.6 Å². The predicted molar refractivity (Wildman–Crippen MR) is 104 cm³/mol. The summed E-state index contributed by atoms with van der Waals surface area (Å²) in [5.74, 6) is -3.28. The molecule has 0 saturated carbocycles. The number of benzene rings is 2. The summed E-state index contributed by atoms with van der Waals surface area (Å²) in [4.78, 5) is 37.4. The second-order valence-corrected chi connectivity index (χ2v) is 7.36. The average Bonchev–Trinajstić information content (AvgIpc) is 2.89. The molecule has 2 aromatic carbocycles. The van der Waals surface area contributed by atoms with Crippen molar-refractivity contribution >= 4 is 63.8 Å². The third-order valence-corrected chi connectivity index (χ3v) is 5.39. The molecule has 0 unspecified atom stereocenters. The van der Waals surface area contributed by atoms with Crippen LogP contribution in [0.15, 0.2) is 41.3 Å². The first kappa shape index (κ1) is 20.3. The molecular formula is C18H10Cl2F2N2O3S. The SMILES string of the molecule is O=C(CN1C(=O)S/C(=C/c2cccc(Cl)c2Cl)C1=O)Nc1ccc(F)cc1F. The number of hydrogen-bond donors (Lipinski definition) is 1. The topological polar surface area (TPSA) is 66.5 Å². The maximum absolute atomic E-state index is 13.6. The van der Waals surface area contributed by atoms with Crippen LogP contribution in [0.25, 0.3) is 6.08 Å². The van der Waals surface area contributed by atoms with E-state index in [0.29, 0.717) is 28.3 Å². The zero-order valence-electron chi connectivity index (χ0n) is 13.8. The summed E-state index contributed by atoms with van der Waals surface area (Å²) in [5.41, 5.74) is 0.178. The lowest BCUT2D eigenvalue weighted by molar-refractivity contribution is -0.127. The van der Waals surface area contributed by atoms with Crippen LogP contribution in [-0.4, -0.2) is 28.5 Å². The highest BCUT2D eigenvalue weighted by atomic mass is 35.5. The number of nitrogens with zero attached hydrogens (tertiary/aromatic N) is 1. The van der Waals surface area contributed by atoms with Crippen LogP contribution in [0, 0.1) is 11.6 Å². The van der Waals surface area contributed by atoms with E-state index in [1.807, 2.05) is 0 Å². The Balaban J connectivity index is 1.74. The maximum atomic E-state index is 13.6. The smallest absolute Gasteiger partial charge is 0.294 e. The normalized spacial score (nSPS) is 15.4. The molecule has 0 aliphatic carbocycles. The molecule has 0 spiro atoms. The van der Waals surface area contributed by atoms with Crippen LogP contribution < -0.4 is 5.32 Å². The van der Waals surface area contributed by atoms with Crippen LogP contribution in [-0.2, 0) is 9.59 Å². The van der Waals surface area contributed by atoms with E-state index >= 15 is 0 Å². The molecule has 0 bridgehead atoms. The van der Waals surface area contributed by atoms with Crippen molar-refractivity contribution in [3.05, 3.63) is 68.5 Å². The summed E-state index contributed by atoms with van der Waals surface area (Å²) in [6.45, 7) is -0.623. The van der Waals surface area contributed by atoms with Crippen molar-refractivity contribution in [2.24, 2.45) is 0 Å². The van der Waals surface area contributed by atoms with Crippen LogP contribution in [0.2, 0.25) is 10.0 Å². The molecule has 5 nitrogen and oxygen atoms in total. The standard InChI is InChI=1S/C18H10Cl2F2N2O3S/c19-11-3-1-2-9(16(11)20)6-14-17(26)24(18(27)28-14)8-15(25)23-13-5-4-10(21)7-12(13)22/h1-7H,8H2,(H,23,25)/b14-6+. The fraction of sp³-hybridized carbons (Fsp3) is 0.0556. The van der Waals surface area contributed by atoms with Crippen molar-refractivity contribution in [1.29, 1.82) is 0 Å². The zero-order valence-corrected chi connectivity index (χ0v) is 16.2. The number of anilines is 1. The van der Waals surface area contributed by atoms with Crippen LogP contribution in [0.3, 0.4) is 0 Å². The highest BCUT2D eigenvalue weighted by Gasteiger charge is 2.36. The minimum atomic E-state index is -0.974. The minimum Gasteiger partial charge on any atom is -0.322 e. The molecule has 1 aliphatic rings. The first-order chi connectivity index (χ1) is 13.3. The highest BCUT2D eigenvalue weighted by molar-refractivity contribution is 8.18. The molecule has 3 amide bonds. The van der Waals surface area contributed by atoms with E-state index in [1.54, 1.807) is 18.2 Å². The lowest BCUT2D eigenvalue weighted by Crippen LogP contribution is -2.36. The number of carbonyl (C=O) groups is 3. The van der Waals surface area contributed by atoms with Gasteiger partial charge in [0.05, 0.1) is 20.6 Å². The molecule has 1 heterocycles. The first-order valence-corrected chi connectivity index (χ1v) is 9.28. The van der Waals surface area contributed by atoms with Crippen molar-refractivity contribution in [3.63, 3.8) is 0 Å². The van der Waals surface area contributed by atoms with Gasteiger partial charge in [-0.15, -0.1) is 0 Å². The minimum absolute atomic E-state index is 0.0647. The summed E-state index contributed by atoms with van der Waals surface area (Å²) in [5, 5.41) is 2.04. The zero-order chi connectivity index (χ0) is 20.4. The van der Waals surface area contributed by atoms with Gasteiger partial charge < -0.3 is 5.32 Å². The molecule has 1 aliphatic heterocycles. The number of imide groups is 1. The predicted octanol–water partition coefficient (Wildman–Crippen LogP) is 4.95. The van der Waals surface area contributed by atoms with Crippen molar-refractivity contribution in [1.82, 2.24) is 4.90 Å². The Hall–Kier alpha value is -2.42. The van der Waals surface area contributed by atoms with Gasteiger partial charge in [-0.05, 0) is 41.6 Å². The fourth-order valence-electron chi connectivity index (χ4n) is 2.33. The van der Waals surface area contributed by atoms with Gasteiger partial charge in [0.25, 0.3) is 11.1 Å². The number of carbonyl (C=O) groups excluding carboxylic acids is 3. The molecule has 28 heavy (non-hydrogen) atoms. The molecule has 0 radical (unpaired) electrons. The quantitative estimate of drug-likeness (QED) is 0.680. The first-order valence-electron chi connectivity index (χ1n) is 7.70. The second kappa shape index (κ2) is 8.30. The van der Waals surface area contributed by atoms with Gasteiger partial charge in [-0.3, -0.25) is 19.3 Å². The number of hydrogen-bond acceptors (Lipinski definition) is 4. The largest absolute Gasteiger partial charge is 0.322 e. The summed E-state index contributed by atoms with van der Waals surface area (Å²) >= 11 is 12.6. The maximum Gasteiger partial charge on any atom is 0.294 e. The molecule has 1 saturated heterocycles. The number of halogens is 4. The van der Waals surface area contributed by atoms with Crippen molar-refractivity contribution in [3.8, 4) is 0 Å². The van der Waals surface area contributed by atoms with Crippen LogP contribution in [0.1, 0.15) is 5.56 Å². The van der Waals surface area contributed by atoms with Gasteiger partial charge in [0.2, 0.25) is 5.91 Å². The summed E-state index contributed by atoms with van der Waals surface area (Å²) < 4.78 is 26.5. The van der Waals surface area contributed by atoms with Gasteiger partial charge in [-0.2, -0.15) is 0 Å². The molecular weight excluding hydrogens is 433 g/mol. The van der Waals surface area contributed by atoms with Gasteiger partial charge in [0.15, 0.2) is 0 Å². The second-order valence-electron chi connectivity index (χ2n) is 5.58. The Labute approximate surface area is 172 Å². The van der Waals surface area contributed by atoms with Gasteiger partial charge in [-0.25, -0.2) is 8.78 Å². The van der Waals surface area contributed by atoms with E-state index in [9.17, 15) is 23.2 Å². The lowest BCUT2D eigenvalue weighted by Gasteiger charge is -2.12. The molecule has 0 atom stereocenters. The van der Waals surface area contributed by atoms with Gasteiger partial charge in [0.1, 0.15) is 18.2 Å². The third kappa shape index (κ3) is 4.35. The lowest BCUT2D eigenvalue weighted by atomic mass is 10.2. The summed E-state index contributed by atoms with van der Waals surface area (Å²) in [7, 11) is 0. The van der Waals surface area contributed by atoms with Gasteiger partial charge in [0, 0.05) is 6.07 Å². The van der Waals surface area contributed by atoms with Gasteiger partial charge >= 0.3 is 0 Å². The molecule has 3 rings (SSSR count). The molecule has 2 aromatic rings. The highest BCUT2D eigenvalue weighted by Crippen LogP contribution is 2.35. The van der Waals surface area contributed by atoms with E-state index in [1.165, 1.54) is 6.08 Å². The van der Waals surface area contributed by atoms with Crippen molar-refractivity contribution in [2.45, 2.75) is 0 Å². The van der Waals surface area contributed by atoms with Crippen LogP contribution >= 0.6 is 35.0 Å². The summed E-state index contributed by atoms with van der Waals surface area (Å²) in [6, 6.07) is 7.44. The number of amides is 3. The molecule has 1 fully saturated rings. The van der Waals surface area contributed by atoms with Crippen LogP contribution in [0.4, 0.5) is 19.3 Å². The fourth-order valence-corrected chi connectivity index (χ4v) is 3.53. The van der Waals surface area contributed by atoms with E-state index in [4.69, 9.17) is 23.2 Å². The van der Waals surface area contributed by atoms with Crippen LogP contribution in [0.5, 0.6) is 0 Å². The van der Waals surface area contributed by atoms with E-state index in [2.05, 4.69) is 5.32 Å². The summed E-state index contributed by atoms with van der Waals surface area (Å²) in [6.07, 6.45) is 1.40. The Morgan fingerprint density at radius 1 is 1.18 bits per heavy atom. The average molecular weight is 443 g/mol. The molecule has 1 N–H and O–H groups in total. The number of nitrogens with one attached hydrogen (secondary N) is 1. The Morgan fingerprint density at radius 3 is 2.64 bits per heavy atom. The Bertz CT molecular complexity index is 1030. The Kier molecular flexibility index (Phi) is 6.02. The Morgan fingerprint density at radius 2 is 1.93 bits per heavy atom. The molecule has 0 aromatic heterocycles. The van der Waals surface area contributed by atoms with E-state index in [0.717, 1.165) is 12.1 Å². The van der Waals surface area contributed by atoms with Gasteiger partial charge in [-0.1, -0.05) is 35.3 Å².